The molecule has 0 aromatic heterocycles. The maximum Gasteiger partial charge on any atom is 0.243 e. The maximum absolute atomic E-state index is 12.2. The van der Waals surface area contributed by atoms with Gasteiger partial charge in [0.25, 0.3) is 0 Å². The van der Waals surface area contributed by atoms with Crippen LogP contribution in [0.3, 0.4) is 0 Å². The minimum Gasteiger partial charge on any atom is -0.374 e. The topological polar surface area (TPSA) is 61.4 Å². The number of nitrogens with one attached hydrogen (secondary N) is 2. The summed E-state index contributed by atoms with van der Waals surface area (Å²) in [6.07, 6.45) is 1.41. The van der Waals surface area contributed by atoms with Gasteiger partial charge >= 0.3 is 0 Å². The van der Waals surface area contributed by atoms with Gasteiger partial charge in [-0.1, -0.05) is 35.3 Å². The van der Waals surface area contributed by atoms with Gasteiger partial charge in [-0.3, -0.25) is 9.59 Å². The summed E-state index contributed by atoms with van der Waals surface area (Å²) < 4.78 is 0. The first kappa shape index (κ1) is 17.6. The van der Waals surface area contributed by atoms with Crippen LogP contribution in [0.2, 0.25) is 10.0 Å². The van der Waals surface area contributed by atoms with Crippen LogP contribution in [-0.4, -0.2) is 24.9 Å². The number of carbonyl (C=O) groups excluding carboxylic acids is 2. The number of hydrogen-bond donors (Lipinski definition) is 2. The second kappa shape index (κ2) is 7.76. The Bertz CT molecular complexity index is 790. The highest BCUT2D eigenvalue weighted by molar-refractivity contribution is 6.35. The molecule has 0 bridgehead atoms. The molecule has 5 nitrogen and oxygen atoms in total. The monoisotopic (exact) mass is 377 g/mol. The Morgan fingerprint density at radius 2 is 1.84 bits per heavy atom. The lowest BCUT2D eigenvalue weighted by Gasteiger charge is -2.20. The SMILES string of the molecule is O=C(CNc1ccccc1N1CCCC1=O)Nc1cc(Cl)cc(Cl)c1. The van der Waals surface area contributed by atoms with Gasteiger partial charge in [-0.2, -0.15) is 0 Å². The molecule has 25 heavy (non-hydrogen) atoms. The van der Waals surface area contributed by atoms with Crippen molar-refractivity contribution in [2.45, 2.75) is 12.8 Å². The zero-order valence-corrected chi connectivity index (χ0v) is 14.9. The van der Waals surface area contributed by atoms with Gasteiger partial charge in [-0.25, -0.2) is 0 Å². The summed E-state index contributed by atoms with van der Waals surface area (Å²) >= 11 is 11.8. The zero-order valence-electron chi connectivity index (χ0n) is 13.4. The number of amides is 2. The average molecular weight is 378 g/mol. The average Bonchev–Trinajstić information content (AvgIpc) is 2.98. The summed E-state index contributed by atoms with van der Waals surface area (Å²) in [5, 5.41) is 6.73. The third-order valence-electron chi connectivity index (χ3n) is 3.85. The van der Waals surface area contributed by atoms with E-state index in [1.165, 1.54) is 0 Å². The van der Waals surface area contributed by atoms with E-state index in [0.29, 0.717) is 28.7 Å². The molecular weight excluding hydrogens is 361 g/mol. The standard InChI is InChI=1S/C18H17Cl2N3O2/c19-12-8-13(20)10-14(9-12)22-17(24)11-21-15-4-1-2-5-16(15)23-7-3-6-18(23)25/h1-2,4-5,8-10,21H,3,6-7,11H2,(H,22,24). The van der Waals surface area contributed by atoms with Gasteiger partial charge in [0.05, 0.1) is 17.9 Å². The predicted molar refractivity (Wildman–Crippen MR) is 102 cm³/mol. The molecule has 3 rings (SSSR count). The first-order valence-electron chi connectivity index (χ1n) is 7.92. The van der Waals surface area contributed by atoms with Gasteiger partial charge in [-0.05, 0) is 36.8 Å². The van der Waals surface area contributed by atoms with Crippen LogP contribution < -0.4 is 15.5 Å². The molecule has 0 saturated carbocycles. The number of nitrogens with zero attached hydrogens (tertiary/aromatic N) is 1. The number of benzene rings is 2. The Balaban J connectivity index is 1.65. The fourth-order valence-electron chi connectivity index (χ4n) is 2.77. The van der Waals surface area contributed by atoms with E-state index in [2.05, 4.69) is 10.6 Å². The molecule has 1 saturated heterocycles. The molecule has 0 aliphatic carbocycles. The summed E-state index contributed by atoms with van der Waals surface area (Å²) in [5.41, 5.74) is 2.08. The summed E-state index contributed by atoms with van der Waals surface area (Å²) in [7, 11) is 0. The lowest BCUT2D eigenvalue weighted by atomic mass is 10.2. The molecule has 0 radical (unpaired) electrons. The Morgan fingerprint density at radius 3 is 2.52 bits per heavy atom. The first-order valence-corrected chi connectivity index (χ1v) is 8.68. The minimum absolute atomic E-state index is 0.0587. The number of anilines is 3. The van der Waals surface area contributed by atoms with Crippen LogP contribution in [-0.2, 0) is 9.59 Å². The molecule has 0 atom stereocenters. The highest BCUT2D eigenvalue weighted by atomic mass is 35.5. The second-order valence-electron chi connectivity index (χ2n) is 5.73. The van der Waals surface area contributed by atoms with Gasteiger partial charge in [0.1, 0.15) is 0 Å². The fraction of sp³-hybridized carbons (Fsp3) is 0.222. The quantitative estimate of drug-likeness (QED) is 0.821. The minimum atomic E-state index is -0.235. The van der Waals surface area contributed by atoms with Crippen molar-refractivity contribution in [1.82, 2.24) is 0 Å². The normalized spacial score (nSPS) is 13.8. The summed E-state index contributed by atoms with van der Waals surface area (Å²) in [6, 6.07) is 12.3. The second-order valence-corrected chi connectivity index (χ2v) is 6.60. The number of para-hydroxylation sites is 2. The van der Waals surface area contributed by atoms with E-state index in [0.717, 1.165) is 17.8 Å². The van der Waals surface area contributed by atoms with Gasteiger partial charge in [0.15, 0.2) is 0 Å². The lowest BCUT2D eigenvalue weighted by Crippen LogP contribution is -2.26. The molecule has 2 amide bonds. The van der Waals surface area contributed by atoms with Gasteiger partial charge < -0.3 is 15.5 Å². The largest absolute Gasteiger partial charge is 0.374 e. The molecule has 7 heteroatoms. The van der Waals surface area contributed by atoms with Crippen LogP contribution in [0.25, 0.3) is 0 Å². The van der Waals surface area contributed by atoms with Crippen molar-refractivity contribution in [1.29, 1.82) is 0 Å². The molecule has 130 valence electrons. The van der Waals surface area contributed by atoms with Crippen LogP contribution in [0.15, 0.2) is 42.5 Å². The van der Waals surface area contributed by atoms with Crippen molar-refractivity contribution >= 4 is 52.1 Å². The third-order valence-corrected chi connectivity index (χ3v) is 4.29. The predicted octanol–water partition coefficient (Wildman–Crippen LogP) is 4.17. The molecule has 1 heterocycles. The van der Waals surface area contributed by atoms with E-state index < -0.39 is 0 Å². The number of carbonyl (C=O) groups is 2. The first-order chi connectivity index (χ1) is 12.0. The van der Waals surface area contributed by atoms with Crippen molar-refractivity contribution in [2.75, 3.05) is 28.6 Å². The van der Waals surface area contributed by atoms with Crippen molar-refractivity contribution in [3.8, 4) is 0 Å². The molecule has 2 aromatic rings. The molecule has 1 aliphatic rings. The van der Waals surface area contributed by atoms with Crippen LogP contribution in [0.1, 0.15) is 12.8 Å². The maximum atomic E-state index is 12.2. The van der Waals surface area contributed by atoms with E-state index in [1.54, 1.807) is 23.1 Å². The summed E-state index contributed by atoms with van der Waals surface area (Å²) in [4.78, 5) is 25.9. The van der Waals surface area contributed by atoms with Crippen LogP contribution in [0.4, 0.5) is 17.1 Å². The van der Waals surface area contributed by atoms with Crippen molar-refractivity contribution in [3.05, 3.63) is 52.5 Å². The van der Waals surface area contributed by atoms with Crippen molar-refractivity contribution in [2.24, 2.45) is 0 Å². The molecule has 0 spiro atoms. The zero-order chi connectivity index (χ0) is 17.8. The molecular formula is C18H17Cl2N3O2. The van der Waals surface area contributed by atoms with Crippen LogP contribution in [0.5, 0.6) is 0 Å². The number of hydrogen-bond acceptors (Lipinski definition) is 3. The molecule has 2 N–H and O–H groups in total. The van der Waals surface area contributed by atoms with E-state index in [9.17, 15) is 9.59 Å². The van der Waals surface area contributed by atoms with E-state index >= 15 is 0 Å². The van der Waals surface area contributed by atoms with Crippen LogP contribution in [0, 0.1) is 0 Å². The number of rotatable bonds is 5. The molecule has 1 fully saturated rings. The summed E-state index contributed by atoms with van der Waals surface area (Å²) in [6.45, 7) is 0.758. The van der Waals surface area contributed by atoms with Gasteiger partial charge in [0, 0.05) is 28.7 Å². The lowest BCUT2D eigenvalue weighted by molar-refractivity contribution is -0.117. The molecule has 2 aromatic carbocycles. The van der Waals surface area contributed by atoms with Crippen molar-refractivity contribution in [3.63, 3.8) is 0 Å². The van der Waals surface area contributed by atoms with Gasteiger partial charge in [0.2, 0.25) is 11.8 Å². The smallest absolute Gasteiger partial charge is 0.243 e. The van der Waals surface area contributed by atoms with E-state index in [4.69, 9.17) is 23.2 Å². The fourth-order valence-corrected chi connectivity index (χ4v) is 3.29. The highest BCUT2D eigenvalue weighted by Gasteiger charge is 2.23. The highest BCUT2D eigenvalue weighted by Crippen LogP contribution is 2.29. The third kappa shape index (κ3) is 4.44. The van der Waals surface area contributed by atoms with E-state index in [-0.39, 0.29) is 18.4 Å². The number of halogens is 2. The Hall–Kier alpha value is -2.24. The van der Waals surface area contributed by atoms with Crippen LogP contribution >= 0.6 is 23.2 Å². The Labute approximate surface area is 155 Å². The Morgan fingerprint density at radius 1 is 1.12 bits per heavy atom. The Kier molecular flexibility index (Phi) is 5.46. The molecule has 1 aliphatic heterocycles. The van der Waals surface area contributed by atoms with E-state index in [1.807, 2.05) is 24.3 Å². The van der Waals surface area contributed by atoms with Crippen molar-refractivity contribution < 1.29 is 9.59 Å². The van der Waals surface area contributed by atoms with Gasteiger partial charge in [-0.15, -0.1) is 0 Å². The summed E-state index contributed by atoms with van der Waals surface area (Å²) in [5.74, 6) is -0.131. The molecule has 0 unspecified atom stereocenters.